The summed E-state index contributed by atoms with van der Waals surface area (Å²) in [4.78, 5) is 35.5. The maximum absolute atomic E-state index is 12.2. The number of aryl methyl sites for hydroxylation is 3. The first-order valence-corrected chi connectivity index (χ1v) is 7.84. The molecule has 1 amide bonds. The number of benzene rings is 1. The highest BCUT2D eigenvalue weighted by molar-refractivity contribution is 5.99. The quantitative estimate of drug-likeness (QED) is 0.612. The second-order valence-corrected chi connectivity index (χ2v) is 5.77. The standard InChI is InChI=1S/C18H20N2O5/c1-11-4-5-12(2)14(8-11)15(21)6-7-18(23)24-10-17(22)19-16-9-13(3)25-20-16/h4-5,8-9H,6-7,10H2,1-3H3,(H,19,20,22). The van der Waals surface area contributed by atoms with Gasteiger partial charge in [0.2, 0.25) is 0 Å². The lowest BCUT2D eigenvalue weighted by molar-refractivity contribution is -0.147. The second-order valence-electron chi connectivity index (χ2n) is 5.77. The fourth-order valence-electron chi connectivity index (χ4n) is 2.21. The molecular formula is C18H20N2O5. The number of Topliss-reactive ketones (excluding diaryl/α,β-unsaturated/α-hetero) is 1. The monoisotopic (exact) mass is 344 g/mol. The van der Waals surface area contributed by atoms with E-state index in [4.69, 9.17) is 9.26 Å². The number of rotatable bonds is 7. The first-order chi connectivity index (χ1) is 11.8. The van der Waals surface area contributed by atoms with Crippen LogP contribution in [0.1, 0.15) is 40.1 Å². The molecule has 25 heavy (non-hydrogen) atoms. The molecule has 1 aromatic heterocycles. The van der Waals surface area contributed by atoms with Crippen molar-refractivity contribution in [1.29, 1.82) is 0 Å². The summed E-state index contributed by atoms with van der Waals surface area (Å²) >= 11 is 0. The number of nitrogens with zero attached hydrogens (tertiary/aromatic N) is 1. The predicted molar refractivity (Wildman–Crippen MR) is 90.3 cm³/mol. The summed E-state index contributed by atoms with van der Waals surface area (Å²) in [7, 11) is 0. The van der Waals surface area contributed by atoms with Crippen LogP contribution in [0.5, 0.6) is 0 Å². The lowest BCUT2D eigenvalue weighted by atomic mass is 9.99. The first kappa shape index (κ1) is 18.4. The number of carbonyl (C=O) groups is 3. The highest BCUT2D eigenvalue weighted by atomic mass is 16.5. The van der Waals surface area contributed by atoms with Gasteiger partial charge in [0.25, 0.3) is 5.91 Å². The van der Waals surface area contributed by atoms with E-state index in [1.165, 1.54) is 0 Å². The molecule has 0 saturated carbocycles. The Labute approximate surface area is 145 Å². The van der Waals surface area contributed by atoms with Crippen LogP contribution in [-0.4, -0.2) is 29.4 Å². The Kier molecular flexibility index (Phi) is 6.05. The van der Waals surface area contributed by atoms with Gasteiger partial charge in [-0.1, -0.05) is 22.9 Å². The third kappa shape index (κ3) is 5.56. The number of aromatic nitrogens is 1. The number of hydrogen-bond acceptors (Lipinski definition) is 6. The molecule has 0 aliphatic carbocycles. The van der Waals surface area contributed by atoms with Crippen LogP contribution in [0.4, 0.5) is 5.82 Å². The van der Waals surface area contributed by atoms with Crippen LogP contribution in [-0.2, 0) is 14.3 Å². The van der Waals surface area contributed by atoms with E-state index in [2.05, 4.69) is 10.5 Å². The SMILES string of the molecule is Cc1ccc(C)c(C(=O)CCC(=O)OCC(=O)Nc2cc(C)on2)c1. The number of anilines is 1. The Bertz CT molecular complexity index is 795. The highest BCUT2D eigenvalue weighted by Gasteiger charge is 2.14. The highest BCUT2D eigenvalue weighted by Crippen LogP contribution is 2.14. The molecule has 1 N–H and O–H groups in total. The van der Waals surface area contributed by atoms with E-state index >= 15 is 0 Å². The Balaban J connectivity index is 1.75. The summed E-state index contributed by atoms with van der Waals surface area (Å²) < 4.78 is 9.67. The number of carbonyl (C=O) groups excluding carboxylic acids is 3. The minimum Gasteiger partial charge on any atom is -0.456 e. The molecule has 7 heteroatoms. The molecule has 1 heterocycles. The van der Waals surface area contributed by atoms with Gasteiger partial charge in [0.15, 0.2) is 18.2 Å². The Morgan fingerprint density at radius 2 is 1.88 bits per heavy atom. The van der Waals surface area contributed by atoms with Crippen molar-refractivity contribution in [3.05, 3.63) is 46.7 Å². The molecule has 0 saturated heterocycles. The second kappa shape index (κ2) is 8.23. The smallest absolute Gasteiger partial charge is 0.306 e. The number of ketones is 1. The van der Waals surface area contributed by atoms with Crippen molar-refractivity contribution in [2.45, 2.75) is 33.6 Å². The predicted octanol–water partition coefficient (Wildman–Crippen LogP) is 2.74. The zero-order chi connectivity index (χ0) is 18.4. The fourth-order valence-corrected chi connectivity index (χ4v) is 2.21. The van der Waals surface area contributed by atoms with Crippen molar-refractivity contribution in [2.24, 2.45) is 0 Å². The van der Waals surface area contributed by atoms with Crippen LogP contribution in [0, 0.1) is 20.8 Å². The molecule has 0 atom stereocenters. The van der Waals surface area contributed by atoms with Crippen LogP contribution >= 0.6 is 0 Å². The van der Waals surface area contributed by atoms with Crippen LogP contribution in [0.15, 0.2) is 28.8 Å². The topological polar surface area (TPSA) is 98.5 Å². The summed E-state index contributed by atoms with van der Waals surface area (Å²) in [6.07, 6.45) is -0.0458. The van der Waals surface area contributed by atoms with Crippen molar-refractivity contribution in [3.8, 4) is 0 Å². The number of esters is 1. The minimum absolute atomic E-state index is 0.0349. The van der Waals surface area contributed by atoms with E-state index in [9.17, 15) is 14.4 Å². The van der Waals surface area contributed by atoms with E-state index in [-0.39, 0.29) is 24.4 Å². The van der Waals surface area contributed by atoms with Crippen LogP contribution in [0.2, 0.25) is 0 Å². The van der Waals surface area contributed by atoms with Gasteiger partial charge in [0, 0.05) is 18.1 Å². The largest absolute Gasteiger partial charge is 0.456 e. The average molecular weight is 344 g/mol. The van der Waals surface area contributed by atoms with E-state index in [1.54, 1.807) is 19.1 Å². The van der Waals surface area contributed by atoms with E-state index in [0.29, 0.717) is 11.3 Å². The van der Waals surface area contributed by atoms with Gasteiger partial charge in [-0.15, -0.1) is 0 Å². The zero-order valence-electron chi connectivity index (χ0n) is 14.4. The summed E-state index contributed by atoms with van der Waals surface area (Å²) in [5, 5.41) is 6.03. The van der Waals surface area contributed by atoms with Gasteiger partial charge in [0.1, 0.15) is 5.76 Å². The first-order valence-electron chi connectivity index (χ1n) is 7.84. The normalized spacial score (nSPS) is 10.4. The summed E-state index contributed by atoms with van der Waals surface area (Å²) in [5.74, 6) is -0.450. The van der Waals surface area contributed by atoms with Gasteiger partial charge in [-0.3, -0.25) is 14.4 Å². The fraction of sp³-hybridized carbons (Fsp3) is 0.333. The third-order valence-corrected chi connectivity index (χ3v) is 3.51. The van der Waals surface area contributed by atoms with Crippen molar-refractivity contribution >= 4 is 23.5 Å². The zero-order valence-corrected chi connectivity index (χ0v) is 14.4. The number of amides is 1. The molecule has 0 aliphatic rings. The molecule has 2 aromatic rings. The summed E-state index contributed by atoms with van der Waals surface area (Å²) in [6, 6.07) is 7.14. The lowest BCUT2D eigenvalue weighted by Crippen LogP contribution is -2.21. The molecule has 0 bridgehead atoms. The van der Waals surface area contributed by atoms with Gasteiger partial charge >= 0.3 is 5.97 Å². The molecule has 7 nitrogen and oxygen atoms in total. The lowest BCUT2D eigenvalue weighted by Gasteiger charge is -2.07. The van der Waals surface area contributed by atoms with E-state index in [1.807, 2.05) is 26.0 Å². The molecule has 0 fully saturated rings. The Morgan fingerprint density at radius 1 is 1.12 bits per heavy atom. The van der Waals surface area contributed by atoms with E-state index in [0.717, 1.165) is 11.1 Å². The molecule has 132 valence electrons. The van der Waals surface area contributed by atoms with Crippen molar-refractivity contribution in [2.75, 3.05) is 11.9 Å². The van der Waals surface area contributed by atoms with Crippen molar-refractivity contribution in [3.63, 3.8) is 0 Å². The van der Waals surface area contributed by atoms with Gasteiger partial charge in [0.05, 0.1) is 6.42 Å². The average Bonchev–Trinajstić information content (AvgIpc) is 2.97. The molecule has 0 aliphatic heterocycles. The van der Waals surface area contributed by atoms with Gasteiger partial charge in [-0.25, -0.2) is 0 Å². The van der Waals surface area contributed by atoms with E-state index < -0.39 is 18.5 Å². The van der Waals surface area contributed by atoms with Gasteiger partial charge < -0.3 is 14.6 Å². The van der Waals surface area contributed by atoms with Crippen LogP contribution in [0.3, 0.4) is 0 Å². The molecule has 0 spiro atoms. The molecule has 0 radical (unpaired) electrons. The Morgan fingerprint density at radius 3 is 2.56 bits per heavy atom. The maximum atomic E-state index is 12.2. The van der Waals surface area contributed by atoms with Crippen LogP contribution < -0.4 is 5.32 Å². The summed E-state index contributed by atoms with van der Waals surface area (Å²) in [6.45, 7) is 5.00. The third-order valence-electron chi connectivity index (χ3n) is 3.51. The number of nitrogens with one attached hydrogen (secondary N) is 1. The number of hydrogen-bond donors (Lipinski definition) is 1. The molecule has 2 rings (SSSR count). The van der Waals surface area contributed by atoms with Crippen molar-refractivity contribution < 1.29 is 23.6 Å². The molecule has 0 unspecified atom stereocenters. The maximum Gasteiger partial charge on any atom is 0.306 e. The van der Waals surface area contributed by atoms with Crippen molar-refractivity contribution in [1.82, 2.24) is 5.16 Å². The Hall–Kier alpha value is -2.96. The van der Waals surface area contributed by atoms with Crippen LogP contribution in [0.25, 0.3) is 0 Å². The van der Waals surface area contributed by atoms with Gasteiger partial charge in [-0.05, 0) is 32.4 Å². The molecular weight excluding hydrogens is 324 g/mol. The molecule has 1 aromatic carbocycles. The summed E-state index contributed by atoms with van der Waals surface area (Å²) in [5.41, 5.74) is 2.45. The van der Waals surface area contributed by atoms with Gasteiger partial charge in [-0.2, -0.15) is 0 Å². The minimum atomic E-state index is -0.606. The number of ether oxygens (including phenoxy) is 1.